The van der Waals surface area contributed by atoms with Gasteiger partial charge in [0.2, 0.25) is 5.91 Å². The minimum atomic E-state index is -0.457. The van der Waals surface area contributed by atoms with Crippen molar-refractivity contribution in [1.82, 2.24) is 0 Å². The molecule has 1 aromatic heterocycles. The molecule has 0 spiro atoms. The van der Waals surface area contributed by atoms with Gasteiger partial charge in [0, 0.05) is 27.8 Å². The summed E-state index contributed by atoms with van der Waals surface area (Å²) < 4.78 is 4.71. The molecule has 27 heavy (non-hydrogen) atoms. The summed E-state index contributed by atoms with van der Waals surface area (Å²) in [5, 5.41) is 6.87. The average molecular weight is 400 g/mol. The molecule has 0 aliphatic carbocycles. The first kappa shape index (κ1) is 19.1. The van der Waals surface area contributed by atoms with Gasteiger partial charge >= 0.3 is 5.97 Å². The molecule has 138 valence electrons. The van der Waals surface area contributed by atoms with Crippen LogP contribution in [0.1, 0.15) is 22.3 Å². The van der Waals surface area contributed by atoms with Crippen LogP contribution >= 0.6 is 22.9 Å². The summed E-state index contributed by atoms with van der Waals surface area (Å²) in [6, 6.07) is 15.7. The van der Waals surface area contributed by atoms with Gasteiger partial charge in [-0.3, -0.25) is 4.79 Å². The van der Waals surface area contributed by atoms with Crippen molar-refractivity contribution < 1.29 is 14.3 Å². The van der Waals surface area contributed by atoms with E-state index in [2.05, 4.69) is 5.32 Å². The number of amides is 1. The van der Waals surface area contributed by atoms with E-state index < -0.39 is 5.97 Å². The van der Waals surface area contributed by atoms with Gasteiger partial charge < -0.3 is 10.1 Å². The van der Waals surface area contributed by atoms with Crippen molar-refractivity contribution in [3.63, 3.8) is 0 Å². The molecular formula is C21H18ClNO3S. The van der Waals surface area contributed by atoms with Crippen LogP contribution in [0.15, 0.2) is 59.3 Å². The second-order valence-corrected chi connectivity index (χ2v) is 7.07. The lowest BCUT2D eigenvalue weighted by molar-refractivity contribution is -0.116. The summed E-state index contributed by atoms with van der Waals surface area (Å²) >= 11 is 7.57. The van der Waals surface area contributed by atoms with E-state index in [-0.39, 0.29) is 5.91 Å². The molecule has 2 aromatic carbocycles. The summed E-state index contributed by atoms with van der Waals surface area (Å²) in [7, 11) is 1.32. The monoisotopic (exact) mass is 399 g/mol. The molecule has 0 saturated heterocycles. The quantitative estimate of drug-likeness (QED) is 0.562. The summed E-state index contributed by atoms with van der Waals surface area (Å²) in [5.41, 5.74) is 3.94. The van der Waals surface area contributed by atoms with E-state index in [1.807, 2.05) is 48.5 Å². The lowest BCUT2D eigenvalue weighted by atomic mass is 10.0. The third-order valence-corrected chi connectivity index (χ3v) is 5.19. The van der Waals surface area contributed by atoms with Gasteiger partial charge in [-0.2, -0.15) is 0 Å². The maximum absolute atomic E-state index is 12.2. The Labute approximate surface area is 166 Å². The van der Waals surface area contributed by atoms with Crippen LogP contribution in [0.2, 0.25) is 5.02 Å². The third kappa shape index (κ3) is 4.76. The zero-order chi connectivity index (χ0) is 19.2. The number of aryl methyl sites for hydroxylation is 1. The number of hydrogen-bond donors (Lipinski definition) is 1. The number of hydrogen-bond acceptors (Lipinski definition) is 4. The molecule has 0 unspecified atom stereocenters. The second kappa shape index (κ2) is 8.84. The molecule has 0 saturated carbocycles. The number of methoxy groups -OCH3 is 1. The van der Waals surface area contributed by atoms with Gasteiger partial charge in [0.25, 0.3) is 0 Å². The van der Waals surface area contributed by atoms with Crippen molar-refractivity contribution >= 4 is 40.5 Å². The number of thiophene rings is 1. The number of anilines is 1. The Bertz CT molecular complexity index is 950. The lowest BCUT2D eigenvalue weighted by Gasteiger charge is -2.07. The fourth-order valence-electron chi connectivity index (χ4n) is 2.68. The molecule has 1 amide bonds. The van der Waals surface area contributed by atoms with E-state index >= 15 is 0 Å². The lowest BCUT2D eigenvalue weighted by Crippen LogP contribution is -2.14. The van der Waals surface area contributed by atoms with Gasteiger partial charge in [0.15, 0.2) is 0 Å². The van der Waals surface area contributed by atoms with Crippen molar-refractivity contribution in [2.75, 3.05) is 12.4 Å². The first-order valence-electron chi connectivity index (χ1n) is 8.36. The summed E-state index contributed by atoms with van der Waals surface area (Å²) in [6.07, 6.45) is 0.925. The van der Waals surface area contributed by atoms with Gasteiger partial charge in [-0.25, -0.2) is 4.79 Å². The Kier molecular flexibility index (Phi) is 6.27. The first-order chi connectivity index (χ1) is 13.1. The normalized spacial score (nSPS) is 10.4. The van der Waals surface area contributed by atoms with Crippen molar-refractivity contribution in [1.29, 1.82) is 0 Å². The Morgan fingerprint density at radius 3 is 2.52 bits per heavy atom. The molecule has 3 rings (SSSR count). The number of rotatable bonds is 6. The number of carbonyl (C=O) groups is 2. The van der Waals surface area contributed by atoms with Crippen LogP contribution in [-0.4, -0.2) is 19.0 Å². The molecule has 1 heterocycles. The standard InChI is InChI=1S/C21H18ClNO3S/c1-26-21(25)17-12-27-13-19(17)23-20(24)11-8-14-6-9-15(10-7-14)16-4-2-3-5-18(16)22/h2-7,9-10,12-13H,8,11H2,1H3,(H,23,24). The predicted octanol–water partition coefficient (Wildman–Crippen LogP) is 5.43. The highest BCUT2D eigenvalue weighted by atomic mass is 35.5. The molecule has 0 aliphatic heterocycles. The average Bonchev–Trinajstić information content (AvgIpc) is 3.14. The molecule has 3 aromatic rings. The van der Waals surface area contributed by atoms with Crippen LogP contribution in [0.25, 0.3) is 11.1 Å². The Balaban J connectivity index is 1.59. The van der Waals surface area contributed by atoms with Crippen LogP contribution in [0.4, 0.5) is 5.69 Å². The van der Waals surface area contributed by atoms with Crippen LogP contribution < -0.4 is 5.32 Å². The van der Waals surface area contributed by atoms with Crippen molar-refractivity contribution in [2.24, 2.45) is 0 Å². The third-order valence-electron chi connectivity index (χ3n) is 4.12. The molecule has 1 N–H and O–H groups in total. The van der Waals surface area contributed by atoms with Crippen LogP contribution in [0.3, 0.4) is 0 Å². The second-order valence-electron chi connectivity index (χ2n) is 5.92. The number of carbonyl (C=O) groups excluding carboxylic acids is 2. The molecular weight excluding hydrogens is 382 g/mol. The molecule has 0 radical (unpaired) electrons. The zero-order valence-corrected chi connectivity index (χ0v) is 16.3. The highest BCUT2D eigenvalue weighted by Crippen LogP contribution is 2.28. The number of benzene rings is 2. The minimum Gasteiger partial charge on any atom is -0.465 e. The van der Waals surface area contributed by atoms with E-state index in [0.29, 0.717) is 29.1 Å². The number of nitrogens with one attached hydrogen (secondary N) is 1. The number of esters is 1. The molecule has 0 fully saturated rings. The maximum Gasteiger partial charge on any atom is 0.340 e. The SMILES string of the molecule is COC(=O)c1cscc1NC(=O)CCc1ccc(-c2ccccc2Cl)cc1. The molecule has 4 nitrogen and oxygen atoms in total. The van der Waals surface area contributed by atoms with E-state index in [1.54, 1.807) is 10.8 Å². The fourth-order valence-corrected chi connectivity index (χ4v) is 3.67. The van der Waals surface area contributed by atoms with E-state index in [0.717, 1.165) is 16.7 Å². The van der Waals surface area contributed by atoms with Crippen LogP contribution in [0.5, 0.6) is 0 Å². The van der Waals surface area contributed by atoms with Gasteiger partial charge in [0.05, 0.1) is 18.4 Å². The maximum atomic E-state index is 12.2. The minimum absolute atomic E-state index is 0.145. The van der Waals surface area contributed by atoms with Crippen molar-refractivity contribution in [3.8, 4) is 11.1 Å². The summed E-state index contributed by atoms with van der Waals surface area (Å²) in [6.45, 7) is 0. The smallest absolute Gasteiger partial charge is 0.340 e. The Morgan fingerprint density at radius 2 is 1.81 bits per heavy atom. The number of ether oxygens (including phenoxy) is 1. The fraction of sp³-hybridized carbons (Fsp3) is 0.143. The van der Waals surface area contributed by atoms with Crippen LogP contribution in [-0.2, 0) is 16.0 Å². The van der Waals surface area contributed by atoms with E-state index in [4.69, 9.17) is 16.3 Å². The highest BCUT2D eigenvalue weighted by Gasteiger charge is 2.15. The van der Waals surface area contributed by atoms with Gasteiger partial charge in [0.1, 0.15) is 0 Å². The largest absolute Gasteiger partial charge is 0.465 e. The predicted molar refractivity (Wildman–Crippen MR) is 109 cm³/mol. The summed E-state index contributed by atoms with van der Waals surface area (Å²) in [4.78, 5) is 23.9. The van der Waals surface area contributed by atoms with Crippen molar-refractivity contribution in [2.45, 2.75) is 12.8 Å². The Morgan fingerprint density at radius 1 is 1.07 bits per heavy atom. The van der Waals surface area contributed by atoms with Crippen LogP contribution in [0, 0.1) is 0 Å². The molecule has 6 heteroatoms. The van der Waals surface area contributed by atoms with Crippen molar-refractivity contribution in [3.05, 3.63) is 75.4 Å². The number of halogens is 1. The van der Waals surface area contributed by atoms with E-state index in [9.17, 15) is 9.59 Å². The molecule has 0 aliphatic rings. The summed E-state index contributed by atoms with van der Waals surface area (Å²) in [5.74, 6) is -0.601. The first-order valence-corrected chi connectivity index (χ1v) is 9.68. The molecule has 0 bridgehead atoms. The Hall–Kier alpha value is -2.63. The van der Waals surface area contributed by atoms with E-state index in [1.165, 1.54) is 18.4 Å². The zero-order valence-electron chi connectivity index (χ0n) is 14.7. The molecule has 0 atom stereocenters. The van der Waals surface area contributed by atoms with Gasteiger partial charge in [-0.1, -0.05) is 54.1 Å². The topological polar surface area (TPSA) is 55.4 Å². The van der Waals surface area contributed by atoms with Gasteiger partial charge in [-0.15, -0.1) is 11.3 Å². The highest BCUT2D eigenvalue weighted by molar-refractivity contribution is 7.08. The van der Waals surface area contributed by atoms with Gasteiger partial charge in [-0.05, 0) is 23.6 Å².